The van der Waals surface area contributed by atoms with Crippen LogP contribution in [0.15, 0.2) is 43.1 Å². The third kappa shape index (κ3) is 2.60. The number of ether oxygens (including phenoxy) is 1. The molecule has 0 amide bonds. The van der Waals surface area contributed by atoms with Crippen LogP contribution in [0.1, 0.15) is 24.5 Å². The molecule has 3 fully saturated rings. The van der Waals surface area contributed by atoms with Crippen molar-refractivity contribution in [3.05, 3.63) is 48.7 Å². The van der Waals surface area contributed by atoms with Gasteiger partial charge in [-0.3, -0.25) is 9.88 Å². The van der Waals surface area contributed by atoms with Gasteiger partial charge >= 0.3 is 0 Å². The number of piperidine rings is 3. The number of methoxy groups -OCH3 is 1. The zero-order valence-electron chi connectivity index (χ0n) is 14.1. The summed E-state index contributed by atoms with van der Waals surface area (Å²) in [6.07, 6.45) is 5.65. The summed E-state index contributed by atoms with van der Waals surface area (Å²) in [7, 11) is 1.66. The normalized spacial score (nSPS) is 30.2. The Kier molecular flexibility index (Phi) is 4.02. The summed E-state index contributed by atoms with van der Waals surface area (Å²) in [6.45, 7) is 6.06. The van der Waals surface area contributed by atoms with Crippen LogP contribution in [-0.4, -0.2) is 41.2 Å². The Labute approximate surface area is 142 Å². The summed E-state index contributed by atoms with van der Waals surface area (Å²) in [5.41, 5.74) is 1.81. The van der Waals surface area contributed by atoms with Gasteiger partial charge in [-0.1, -0.05) is 6.08 Å². The maximum atomic E-state index is 11.0. The number of rotatable bonds is 4. The monoisotopic (exact) mass is 324 g/mol. The molecule has 3 aliphatic rings. The summed E-state index contributed by atoms with van der Waals surface area (Å²) in [4.78, 5) is 6.94. The molecular weight excluding hydrogens is 300 g/mol. The maximum absolute atomic E-state index is 11.0. The molecule has 0 radical (unpaired) electrons. The van der Waals surface area contributed by atoms with Crippen molar-refractivity contribution in [3.63, 3.8) is 0 Å². The third-order valence-electron chi connectivity index (χ3n) is 5.77. The minimum Gasteiger partial charge on any atom is -0.497 e. The zero-order chi connectivity index (χ0) is 16.7. The molecule has 5 atom stereocenters. The van der Waals surface area contributed by atoms with E-state index in [1.807, 2.05) is 30.5 Å². The van der Waals surface area contributed by atoms with E-state index in [9.17, 15) is 5.11 Å². The molecule has 4 heteroatoms. The molecule has 3 saturated heterocycles. The topological polar surface area (TPSA) is 45.6 Å². The minimum atomic E-state index is -0.498. The molecule has 2 aromatic rings. The number of aromatic nitrogens is 1. The van der Waals surface area contributed by atoms with Crippen molar-refractivity contribution in [2.24, 2.45) is 11.8 Å². The molecule has 2 bridgehead atoms. The van der Waals surface area contributed by atoms with E-state index in [0.717, 1.165) is 41.7 Å². The minimum absolute atomic E-state index is 0.185. The first-order valence-electron chi connectivity index (χ1n) is 8.68. The lowest BCUT2D eigenvalue weighted by atomic mass is 9.74. The van der Waals surface area contributed by atoms with Crippen molar-refractivity contribution in [2.75, 3.05) is 20.2 Å². The van der Waals surface area contributed by atoms with Gasteiger partial charge in [-0.2, -0.15) is 0 Å². The average molecular weight is 324 g/mol. The van der Waals surface area contributed by atoms with Crippen molar-refractivity contribution < 1.29 is 9.84 Å². The summed E-state index contributed by atoms with van der Waals surface area (Å²) < 4.78 is 5.30. The highest BCUT2D eigenvalue weighted by Crippen LogP contribution is 2.41. The standard InChI is InChI=1S/C20H24N2O2/c1-3-13-12-22-7-6-14(13)10-19(22)20(23)16-8-15-9-17(24-2)4-5-18(15)21-11-16/h3-5,8-9,11,13-14,19-20,23H,1,6-7,10,12H2,2H3/t13-,14?,19+,20+/m0/s1. The van der Waals surface area contributed by atoms with Crippen molar-refractivity contribution >= 4 is 10.9 Å². The maximum Gasteiger partial charge on any atom is 0.119 e. The van der Waals surface area contributed by atoms with Crippen molar-refractivity contribution in [3.8, 4) is 5.75 Å². The van der Waals surface area contributed by atoms with Gasteiger partial charge in [0.15, 0.2) is 0 Å². The van der Waals surface area contributed by atoms with Gasteiger partial charge in [-0.15, -0.1) is 6.58 Å². The van der Waals surface area contributed by atoms with E-state index in [4.69, 9.17) is 4.74 Å². The quantitative estimate of drug-likeness (QED) is 0.878. The molecule has 4 nitrogen and oxygen atoms in total. The Hall–Kier alpha value is -1.91. The second-order valence-electron chi connectivity index (χ2n) is 7.02. The van der Waals surface area contributed by atoms with Crippen LogP contribution in [0.25, 0.3) is 10.9 Å². The van der Waals surface area contributed by atoms with E-state index in [1.54, 1.807) is 7.11 Å². The molecule has 126 valence electrons. The summed E-state index contributed by atoms with van der Waals surface area (Å²) in [5, 5.41) is 12.0. The molecule has 1 N–H and O–H groups in total. The smallest absolute Gasteiger partial charge is 0.119 e. The second-order valence-corrected chi connectivity index (χ2v) is 7.02. The fourth-order valence-corrected chi connectivity index (χ4v) is 4.34. The number of benzene rings is 1. The van der Waals surface area contributed by atoms with E-state index in [2.05, 4.69) is 22.5 Å². The van der Waals surface area contributed by atoms with Gasteiger partial charge in [0.1, 0.15) is 5.75 Å². The number of fused-ring (bicyclic) bond motifs is 4. The first-order chi connectivity index (χ1) is 11.7. The molecule has 5 rings (SSSR count). The van der Waals surface area contributed by atoms with Gasteiger partial charge in [0, 0.05) is 29.7 Å². The Morgan fingerprint density at radius 1 is 1.42 bits per heavy atom. The van der Waals surface area contributed by atoms with Crippen LogP contribution in [-0.2, 0) is 0 Å². The van der Waals surface area contributed by atoms with Crippen molar-refractivity contribution in [1.29, 1.82) is 0 Å². The van der Waals surface area contributed by atoms with Crippen LogP contribution in [0.2, 0.25) is 0 Å². The predicted octanol–water partition coefficient (Wildman–Crippen LogP) is 3.17. The SMILES string of the molecule is C=C[C@H]1CN2CCC1C[C@@H]2[C@H](O)c1cnc2ccc(OC)cc2c1. The molecule has 2 unspecified atom stereocenters. The number of aliphatic hydroxyl groups is 1. The zero-order valence-corrected chi connectivity index (χ0v) is 14.1. The Morgan fingerprint density at radius 2 is 2.29 bits per heavy atom. The highest BCUT2D eigenvalue weighted by molar-refractivity contribution is 5.80. The molecule has 0 saturated carbocycles. The fraction of sp³-hybridized carbons (Fsp3) is 0.450. The number of nitrogens with zero attached hydrogens (tertiary/aromatic N) is 2. The number of hydrogen-bond acceptors (Lipinski definition) is 4. The van der Waals surface area contributed by atoms with E-state index in [-0.39, 0.29) is 6.04 Å². The Morgan fingerprint density at radius 3 is 3.00 bits per heavy atom. The lowest BCUT2D eigenvalue weighted by Gasteiger charge is -2.50. The van der Waals surface area contributed by atoms with Gasteiger partial charge in [0.2, 0.25) is 0 Å². The number of hydrogen-bond donors (Lipinski definition) is 1. The molecule has 4 heterocycles. The van der Waals surface area contributed by atoms with Crippen LogP contribution >= 0.6 is 0 Å². The number of pyridine rings is 1. The van der Waals surface area contributed by atoms with Crippen molar-refractivity contribution in [1.82, 2.24) is 9.88 Å². The molecule has 1 aromatic heterocycles. The average Bonchev–Trinajstić information content (AvgIpc) is 2.66. The van der Waals surface area contributed by atoms with E-state index < -0.39 is 6.10 Å². The van der Waals surface area contributed by atoms with Gasteiger partial charge in [0.05, 0.1) is 18.7 Å². The van der Waals surface area contributed by atoms with Crippen LogP contribution in [0.5, 0.6) is 5.75 Å². The lowest BCUT2D eigenvalue weighted by molar-refractivity contribution is -0.0449. The molecular formula is C20H24N2O2. The van der Waals surface area contributed by atoms with Crippen LogP contribution < -0.4 is 4.74 Å². The van der Waals surface area contributed by atoms with E-state index >= 15 is 0 Å². The summed E-state index contributed by atoms with van der Waals surface area (Å²) >= 11 is 0. The highest BCUT2D eigenvalue weighted by Gasteiger charge is 2.42. The molecule has 1 aromatic carbocycles. The first kappa shape index (κ1) is 15.6. The predicted molar refractivity (Wildman–Crippen MR) is 95.0 cm³/mol. The van der Waals surface area contributed by atoms with Gasteiger partial charge in [-0.25, -0.2) is 0 Å². The highest BCUT2D eigenvalue weighted by atomic mass is 16.5. The Bertz CT molecular complexity index is 760. The molecule has 24 heavy (non-hydrogen) atoms. The van der Waals surface area contributed by atoms with Gasteiger partial charge < -0.3 is 9.84 Å². The van der Waals surface area contributed by atoms with Crippen LogP contribution in [0, 0.1) is 11.8 Å². The molecule has 0 spiro atoms. The van der Waals surface area contributed by atoms with Gasteiger partial charge in [0.25, 0.3) is 0 Å². The van der Waals surface area contributed by atoms with Crippen LogP contribution in [0.4, 0.5) is 0 Å². The molecule has 3 aliphatic heterocycles. The summed E-state index contributed by atoms with van der Waals surface area (Å²) in [5.74, 6) is 2.03. The number of aliphatic hydroxyl groups excluding tert-OH is 1. The summed E-state index contributed by atoms with van der Waals surface area (Å²) in [6, 6.07) is 8.06. The third-order valence-corrected chi connectivity index (χ3v) is 5.77. The largest absolute Gasteiger partial charge is 0.497 e. The van der Waals surface area contributed by atoms with E-state index in [1.165, 1.54) is 6.42 Å². The Balaban J connectivity index is 1.61. The van der Waals surface area contributed by atoms with Crippen LogP contribution in [0.3, 0.4) is 0 Å². The van der Waals surface area contributed by atoms with Gasteiger partial charge in [-0.05, 0) is 55.5 Å². The molecule has 0 aliphatic carbocycles. The van der Waals surface area contributed by atoms with E-state index in [0.29, 0.717) is 11.8 Å². The second kappa shape index (κ2) is 6.19. The first-order valence-corrected chi connectivity index (χ1v) is 8.68. The fourth-order valence-electron chi connectivity index (χ4n) is 4.34. The lowest BCUT2D eigenvalue weighted by Crippen LogP contribution is -2.54. The van der Waals surface area contributed by atoms with Crippen molar-refractivity contribution in [2.45, 2.75) is 25.0 Å².